The third-order valence-corrected chi connectivity index (χ3v) is 5.70. The fraction of sp³-hybridized carbons (Fsp3) is 0.471. The number of carbonyl (C=O) groups is 2. The lowest BCUT2D eigenvalue weighted by Gasteiger charge is -2.23. The van der Waals surface area contributed by atoms with Gasteiger partial charge in [0.05, 0.1) is 23.5 Å². The molecule has 0 bridgehead atoms. The van der Waals surface area contributed by atoms with Crippen molar-refractivity contribution in [1.29, 1.82) is 0 Å². The lowest BCUT2D eigenvalue weighted by atomic mass is 9.86. The van der Waals surface area contributed by atoms with E-state index in [1.54, 1.807) is 23.5 Å². The molecular formula is C17H19N3O3S. The summed E-state index contributed by atoms with van der Waals surface area (Å²) in [5.74, 6) is 0.442. The first-order valence-electron chi connectivity index (χ1n) is 8.06. The maximum absolute atomic E-state index is 12.4. The number of carbonyl (C=O) groups excluding carboxylic acids is 2. The molecule has 0 N–H and O–H groups in total. The van der Waals surface area contributed by atoms with E-state index < -0.39 is 0 Å². The van der Waals surface area contributed by atoms with Crippen molar-refractivity contribution < 1.29 is 14.0 Å². The van der Waals surface area contributed by atoms with Gasteiger partial charge in [-0.2, -0.15) is 0 Å². The van der Waals surface area contributed by atoms with Gasteiger partial charge in [-0.25, -0.2) is 4.98 Å². The highest BCUT2D eigenvalue weighted by Crippen LogP contribution is 2.41. The van der Waals surface area contributed by atoms with E-state index in [1.807, 2.05) is 22.1 Å². The molecule has 4 heterocycles. The number of nitrogens with zero attached hydrogens (tertiary/aromatic N) is 3. The topological polar surface area (TPSA) is 66.7 Å². The van der Waals surface area contributed by atoms with E-state index >= 15 is 0 Å². The Morgan fingerprint density at radius 2 is 2.33 bits per heavy atom. The van der Waals surface area contributed by atoms with E-state index in [1.165, 1.54) is 6.26 Å². The summed E-state index contributed by atoms with van der Waals surface area (Å²) in [7, 11) is 0. The van der Waals surface area contributed by atoms with Gasteiger partial charge in [0.15, 0.2) is 5.76 Å². The number of hydrogen-bond acceptors (Lipinski definition) is 5. The predicted octanol–water partition coefficient (Wildman–Crippen LogP) is 2.31. The summed E-state index contributed by atoms with van der Waals surface area (Å²) in [6.07, 6.45) is 2.88. The van der Waals surface area contributed by atoms with E-state index in [0.717, 1.165) is 17.1 Å². The molecule has 24 heavy (non-hydrogen) atoms. The normalized spacial score (nSPS) is 23.6. The molecule has 0 aromatic carbocycles. The van der Waals surface area contributed by atoms with Crippen molar-refractivity contribution in [1.82, 2.24) is 14.8 Å². The van der Waals surface area contributed by atoms with Gasteiger partial charge in [0.25, 0.3) is 5.91 Å². The number of amides is 2. The number of aryl methyl sites for hydroxylation is 1. The Labute approximate surface area is 144 Å². The van der Waals surface area contributed by atoms with Crippen LogP contribution in [0, 0.1) is 12.3 Å². The van der Waals surface area contributed by atoms with Gasteiger partial charge in [-0.1, -0.05) is 0 Å². The van der Waals surface area contributed by atoms with E-state index in [4.69, 9.17) is 4.42 Å². The van der Waals surface area contributed by atoms with E-state index in [9.17, 15) is 9.59 Å². The molecule has 2 saturated heterocycles. The van der Waals surface area contributed by atoms with Crippen LogP contribution in [0.5, 0.6) is 0 Å². The molecule has 1 unspecified atom stereocenters. The van der Waals surface area contributed by atoms with Crippen LogP contribution in [-0.2, 0) is 11.3 Å². The van der Waals surface area contributed by atoms with Crippen molar-refractivity contribution in [3.8, 4) is 0 Å². The van der Waals surface area contributed by atoms with Crippen LogP contribution < -0.4 is 0 Å². The average molecular weight is 345 g/mol. The highest BCUT2D eigenvalue weighted by Gasteiger charge is 2.48. The standard InChI is InChI=1S/C17H19N3O3S/c1-12-18-13(9-24-12)8-20-11-17(7-15(20)21)4-5-19(10-17)16(22)14-3-2-6-23-14/h2-3,6,9H,4-5,7-8,10-11H2,1H3. The third-order valence-electron chi connectivity index (χ3n) is 4.88. The lowest BCUT2D eigenvalue weighted by molar-refractivity contribution is -0.128. The van der Waals surface area contributed by atoms with Crippen molar-refractivity contribution in [2.45, 2.75) is 26.3 Å². The SMILES string of the molecule is Cc1nc(CN2CC3(CCN(C(=O)c4ccco4)C3)CC2=O)cs1. The Morgan fingerprint density at radius 3 is 3.04 bits per heavy atom. The average Bonchev–Trinajstić information content (AvgIpc) is 3.30. The first-order chi connectivity index (χ1) is 11.5. The van der Waals surface area contributed by atoms with Crippen molar-refractivity contribution in [3.05, 3.63) is 40.2 Å². The molecule has 2 aliphatic rings. The second-order valence-electron chi connectivity index (χ2n) is 6.74. The first-order valence-corrected chi connectivity index (χ1v) is 8.94. The molecule has 1 atom stereocenters. The number of hydrogen-bond donors (Lipinski definition) is 0. The summed E-state index contributed by atoms with van der Waals surface area (Å²) in [4.78, 5) is 33.0. The van der Waals surface area contributed by atoms with Gasteiger partial charge in [-0.3, -0.25) is 9.59 Å². The van der Waals surface area contributed by atoms with Crippen LogP contribution in [0.4, 0.5) is 0 Å². The summed E-state index contributed by atoms with van der Waals surface area (Å²) in [5.41, 5.74) is 0.828. The number of aromatic nitrogens is 1. The molecule has 0 saturated carbocycles. The maximum Gasteiger partial charge on any atom is 0.289 e. The number of furan rings is 1. The largest absolute Gasteiger partial charge is 0.459 e. The van der Waals surface area contributed by atoms with Gasteiger partial charge >= 0.3 is 0 Å². The minimum absolute atomic E-state index is 0.0853. The van der Waals surface area contributed by atoms with Crippen molar-refractivity contribution in [3.63, 3.8) is 0 Å². The zero-order valence-electron chi connectivity index (χ0n) is 13.5. The molecule has 2 aromatic rings. The molecule has 7 heteroatoms. The number of rotatable bonds is 3. The summed E-state index contributed by atoms with van der Waals surface area (Å²) in [6, 6.07) is 3.40. The van der Waals surface area contributed by atoms with Crippen LogP contribution in [0.1, 0.15) is 34.1 Å². The second kappa shape index (κ2) is 5.73. The Hall–Kier alpha value is -2.15. The molecule has 6 nitrogen and oxygen atoms in total. The van der Waals surface area contributed by atoms with Gasteiger partial charge in [0, 0.05) is 36.9 Å². The quantitative estimate of drug-likeness (QED) is 0.856. The molecule has 4 rings (SSSR count). The maximum atomic E-state index is 12.4. The van der Waals surface area contributed by atoms with E-state index in [0.29, 0.717) is 38.4 Å². The first kappa shape index (κ1) is 15.4. The van der Waals surface area contributed by atoms with Crippen LogP contribution in [0.3, 0.4) is 0 Å². The Bertz CT molecular complexity index is 770. The van der Waals surface area contributed by atoms with Crippen LogP contribution in [0.25, 0.3) is 0 Å². The summed E-state index contributed by atoms with van der Waals surface area (Å²) in [5, 5.41) is 3.03. The summed E-state index contributed by atoms with van der Waals surface area (Å²) >= 11 is 1.60. The lowest BCUT2D eigenvalue weighted by Crippen LogP contribution is -2.34. The second-order valence-corrected chi connectivity index (χ2v) is 7.80. The molecule has 0 aliphatic carbocycles. The molecule has 2 fully saturated rings. The fourth-order valence-electron chi connectivity index (χ4n) is 3.74. The highest BCUT2D eigenvalue weighted by atomic mass is 32.1. The van der Waals surface area contributed by atoms with Gasteiger partial charge in [-0.05, 0) is 25.5 Å². The fourth-order valence-corrected chi connectivity index (χ4v) is 4.34. The van der Waals surface area contributed by atoms with Crippen molar-refractivity contribution >= 4 is 23.2 Å². The van der Waals surface area contributed by atoms with Crippen LogP contribution >= 0.6 is 11.3 Å². The van der Waals surface area contributed by atoms with E-state index in [-0.39, 0.29) is 17.2 Å². The minimum atomic E-state index is -0.121. The molecule has 2 aliphatic heterocycles. The zero-order chi connectivity index (χ0) is 16.7. The number of likely N-dealkylation sites (tertiary alicyclic amines) is 2. The monoisotopic (exact) mass is 345 g/mol. The van der Waals surface area contributed by atoms with Crippen molar-refractivity contribution in [2.24, 2.45) is 5.41 Å². The van der Waals surface area contributed by atoms with Crippen LogP contribution in [-0.4, -0.2) is 46.2 Å². The van der Waals surface area contributed by atoms with Gasteiger partial charge in [0.1, 0.15) is 0 Å². The summed E-state index contributed by atoms with van der Waals surface area (Å²) < 4.78 is 5.21. The van der Waals surface area contributed by atoms with Gasteiger partial charge < -0.3 is 14.2 Å². The van der Waals surface area contributed by atoms with Crippen LogP contribution in [0.15, 0.2) is 28.2 Å². The highest BCUT2D eigenvalue weighted by molar-refractivity contribution is 7.09. The molecule has 1 spiro atoms. The van der Waals surface area contributed by atoms with Gasteiger partial charge in [-0.15, -0.1) is 11.3 Å². The minimum Gasteiger partial charge on any atom is -0.459 e. The molecular weight excluding hydrogens is 326 g/mol. The third kappa shape index (κ3) is 2.73. The Kier molecular flexibility index (Phi) is 3.68. The van der Waals surface area contributed by atoms with E-state index in [2.05, 4.69) is 4.98 Å². The molecule has 126 valence electrons. The molecule has 2 aromatic heterocycles. The van der Waals surface area contributed by atoms with Gasteiger partial charge in [0.2, 0.25) is 5.91 Å². The molecule has 0 radical (unpaired) electrons. The smallest absolute Gasteiger partial charge is 0.289 e. The Morgan fingerprint density at radius 1 is 1.46 bits per heavy atom. The number of thiazole rings is 1. The van der Waals surface area contributed by atoms with Crippen molar-refractivity contribution in [2.75, 3.05) is 19.6 Å². The van der Waals surface area contributed by atoms with Crippen LogP contribution in [0.2, 0.25) is 0 Å². The zero-order valence-corrected chi connectivity index (χ0v) is 14.3. The molecule has 2 amide bonds. The summed E-state index contributed by atoms with van der Waals surface area (Å²) in [6.45, 7) is 4.53. The Balaban J connectivity index is 1.43. The predicted molar refractivity (Wildman–Crippen MR) is 88.5 cm³/mol.